The zero-order chi connectivity index (χ0) is 12.5. The minimum absolute atomic E-state index is 0.166. The molecule has 1 spiro atoms. The number of amidine groups is 1. The fourth-order valence-electron chi connectivity index (χ4n) is 2.95. The Morgan fingerprint density at radius 2 is 2.18 bits per heavy atom. The third-order valence-corrected chi connectivity index (χ3v) is 3.98. The summed E-state index contributed by atoms with van der Waals surface area (Å²) in [4.78, 5) is 17.6. The molecule has 0 saturated heterocycles. The van der Waals surface area contributed by atoms with E-state index in [1.165, 1.54) is 0 Å². The van der Waals surface area contributed by atoms with E-state index >= 15 is 0 Å². The molecule has 96 valence electrons. The van der Waals surface area contributed by atoms with Crippen LogP contribution in [0.2, 0.25) is 0 Å². The van der Waals surface area contributed by atoms with E-state index in [0.29, 0.717) is 11.9 Å². The van der Waals surface area contributed by atoms with Crippen LogP contribution < -0.4 is 5.73 Å². The first-order valence-corrected chi connectivity index (χ1v) is 6.33. The number of methoxy groups -OCH3 is 1. The van der Waals surface area contributed by atoms with Crippen molar-refractivity contribution in [3.05, 3.63) is 0 Å². The Morgan fingerprint density at radius 1 is 1.53 bits per heavy atom. The van der Waals surface area contributed by atoms with Gasteiger partial charge in [-0.25, -0.2) is 4.79 Å². The molecular weight excluding hydrogens is 218 g/mol. The van der Waals surface area contributed by atoms with Crippen LogP contribution in [0.1, 0.15) is 39.0 Å². The summed E-state index contributed by atoms with van der Waals surface area (Å²) in [5.74, 6) is 0.505. The summed E-state index contributed by atoms with van der Waals surface area (Å²) in [5, 5.41) is 0. The molecule has 5 heteroatoms. The number of carbonyl (C=O) groups excluding carboxylic acids is 1. The monoisotopic (exact) mass is 239 g/mol. The van der Waals surface area contributed by atoms with Crippen LogP contribution in [0.3, 0.4) is 0 Å². The van der Waals surface area contributed by atoms with Gasteiger partial charge < -0.3 is 15.4 Å². The second-order valence-corrected chi connectivity index (χ2v) is 4.90. The Kier molecular flexibility index (Phi) is 3.38. The summed E-state index contributed by atoms with van der Waals surface area (Å²) in [5.41, 5.74) is 5.67. The molecule has 0 atom stereocenters. The van der Waals surface area contributed by atoms with Crippen molar-refractivity contribution in [2.24, 2.45) is 10.7 Å². The van der Waals surface area contributed by atoms with Crippen molar-refractivity contribution in [3.8, 4) is 0 Å². The lowest BCUT2D eigenvalue weighted by atomic mass is 9.78. The highest BCUT2D eigenvalue weighted by Crippen LogP contribution is 2.38. The number of aliphatic imine (C=N–C) groups is 1. The molecule has 0 radical (unpaired) electrons. The normalized spacial score (nSPS) is 33.3. The number of urea groups is 1. The molecule has 1 fully saturated rings. The largest absolute Gasteiger partial charge is 0.385 e. The van der Waals surface area contributed by atoms with Gasteiger partial charge in [-0.05, 0) is 32.1 Å². The number of ether oxygens (including phenoxy) is 1. The number of hydrogen-bond acceptors (Lipinski definition) is 3. The van der Waals surface area contributed by atoms with Gasteiger partial charge in [-0.15, -0.1) is 0 Å². The molecule has 0 bridgehead atoms. The molecule has 2 amide bonds. The van der Waals surface area contributed by atoms with Gasteiger partial charge in [-0.3, -0.25) is 0 Å². The van der Waals surface area contributed by atoms with Crippen molar-refractivity contribution in [1.82, 2.24) is 4.90 Å². The standard InChI is InChI=1S/C12H21N3O2/c1-3-8-15-11(16)14-10(13)12(15)6-4-9(17-2)5-7-12/h9H,3-8H2,1-2H3,(H2,13,14,16). The summed E-state index contributed by atoms with van der Waals surface area (Å²) in [6, 6.07) is -0.166. The molecule has 1 aliphatic carbocycles. The molecule has 17 heavy (non-hydrogen) atoms. The third kappa shape index (κ3) is 1.92. The lowest BCUT2D eigenvalue weighted by molar-refractivity contribution is 0.0342. The van der Waals surface area contributed by atoms with Gasteiger partial charge in [0.1, 0.15) is 11.4 Å². The number of nitrogens with two attached hydrogens (primary N) is 1. The van der Waals surface area contributed by atoms with Crippen LogP contribution >= 0.6 is 0 Å². The van der Waals surface area contributed by atoms with E-state index in [-0.39, 0.29) is 11.6 Å². The number of rotatable bonds is 3. The molecule has 0 aromatic heterocycles. The van der Waals surface area contributed by atoms with Crippen LogP contribution in [0.25, 0.3) is 0 Å². The van der Waals surface area contributed by atoms with Gasteiger partial charge in [0, 0.05) is 13.7 Å². The van der Waals surface area contributed by atoms with Crippen LogP contribution in [0.15, 0.2) is 4.99 Å². The summed E-state index contributed by atoms with van der Waals surface area (Å²) < 4.78 is 5.37. The lowest BCUT2D eigenvalue weighted by Crippen LogP contribution is -2.56. The molecule has 2 aliphatic rings. The van der Waals surface area contributed by atoms with Crippen LogP contribution in [0.4, 0.5) is 4.79 Å². The van der Waals surface area contributed by atoms with Crippen LogP contribution in [0, 0.1) is 0 Å². The molecule has 1 aliphatic heterocycles. The zero-order valence-corrected chi connectivity index (χ0v) is 10.6. The first-order chi connectivity index (χ1) is 8.14. The molecule has 2 N–H and O–H groups in total. The Bertz CT molecular complexity index is 333. The third-order valence-electron chi connectivity index (χ3n) is 3.98. The van der Waals surface area contributed by atoms with E-state index in [9.17, 15) is 4.79 Å². The summed E-state index contributed by atoms with van der Waals surface area (Å²) >= 11 is 0. The number of nitrogens with zero attached hydrogens (tertiary/aromatic N) is 2. The van der Waals surface area contributed by atoms with Crippen LogP contribution in [-0.4, -0.2) is 42.1 Å². The summed E-state index contributed by atoms with van der Waals surface area (Å²) in [6.45, 7) is 2.80. The predicted molar refractivity (Wildman–Crippen MR) is 66.0 cm³/mol. The van der Waals surface area contributed by atoms with Crippen LogP contribution in [0.5, 0.6) is 0 Å². The minimum atomic E-state index is -0.317. The van der Waals surface area contributed by atoms with Gasteiger partial charge in [-0.2, -0.15) is 4.99 Å². The van der Waals surface area contributed by atoms with Crippen molar-refractivity contribution >= 4 is 11.9 Å². The average molecular weight is 239 g/mol. The van der Waals surface area contributed by atoms with Crippen molar-refractivity contribution in [1.29, 1.82) is 0 Å². The van der Waals surface area contributed by atoms with Crippen molar-refractivity contribution < 1.29 is 9.53 Å². The molecular formula is C12H21N3O2. The highest BCUT2D eigenvalue weighted by Gasteiger charge is 2.49. The average Bonchev–Trinajstić information content (AvgIpc) is 2.55. The molecule has 0 aromatic carbocycles. The van der Waals surface area contributed by atoms with E-state index in [1.807, 2.05) is 4.90 Å². The van der Waals surface area contributed by atoms with Gasteiger partial charge in [-0.1, -0.05) is 6.92 Å². The number of carbonyl (C=O) groups is 1. The van der Waals surface area contributed by atoms with Crippen molar-refractivity contribution in [3.63, 3.8) is 0 Å². The van der Waals surface area contributed by atoms with E-state index in [0.717, 1.165) is 38.6 Å². The molecule has 1 heterocycles. The fourth-order valence-corrected chi connectivity index (χ4v) is 2.95. The second kappa shape index (κ2) is 4.64. The highest BCUT2D eigenvalue weighted by atomic mass is 16.5. The molecule has 0 aromatic rings. The Hall–Kier alpha value is -1.10. The number of hydrogen-bond donors (Lipinski definition) is 1. The smallest absolute Gasteiger partial charge is 0.346 e. The fraction of sp³-hybridized carbons (Fsp3) is 0.833. The highest BCUT2D eigenvalue weighted by molar-refractivity contribution is 6.05. The summed E-state index contributed by atoms with van der Waals surface area (Å²) in [7, 11) is 1.74. The quantitative estimate of drug-likeness (QED) is 0.811. The maximum absolute atomic E-state index is 11.8. The predicted octanol–water partition coefficient (Wildman–Crippen LogP) is 1.52. The van der Waals surface area contributed by atoms with Crippen molar-refractivity contribution in [2.45, 2.75) is 50.7 Å². The summed E-state index contributed by atoms with van der Waals surface area (Å²) in [6.07, 6.45) is 4.86. The molecule has 1 saturated carbocycles. The van der Waals surface area contributed by atoms with E-state index in [4.69, 9.17) is 10.5 Å². The van der Waals surface area contributed by atoms with E-state index < -0.39 is 0 Å². The maximum Gasteiger partial charge on any atom is 0.346 e. The first-order valence-electron chi connectivity index (χ1n) is 6.33. The van der Waals surface area contributed by atoms with Gasteiger partial charge in [0.2, 0.25) is 0 Å². The van der Waals surface area contributed by atoms with Gasteiger partial charge in [0.25, 0.3) is 0 Å². The Labute approximate surface area is 102 Å². The minimum Gasteiger partial charge on any atom is -0.385 e. The molecule has 5 nitrogen and oxygen atoms in total. The second-order valence-electron chi connectivity index (χ2n) is 4.90. The first kappa shape index (κ1) is 12.4. The lowest BCUT2D eigenvalue weighted by Gasteiger charge is -2.42. The van der Waals surface area contributed by atoms with Gasteiger partial charge in [0.05, 0.1) is 6.10 Å². The van der Waals surface area contributed by atoms with Gasteiger partial charge in [0.15, 0.2) is 0 Å². The van der Waals surface area contributed by atoms with Crippen LogP contribution in [-0.2, 0) is 4.74 Å². The van der Waals surface area contributed by atoms with Gasteiger partial charge >= 0.3 is 6.03 Å². The van der Waals surface area contributed by atoms with Crippen molar-refractivity contribution in [2.75, 3.05) is 13.7 Å². The zero-order valence-electron chi connectivity index (χ0n) is 10.6. The Morgan fingerprint density at radius 3 is 2.71 bits per heavy atom. The molecule has 2 rings (SSSR count). The topological polar surface area (TPSA) is 67.9 Å². The maximum atomic E-state index is 11.8. The Balaban J connectivity index is 2.17. The number of amides is 2. The van der Waals surface area contributed by atoms with E-state index in [2.05, 4.69) is 11.9 Å². The SMILES string of the molecule is CCCN1C(=O)N=C(N)C12CCC(OC)CC2. The molecule has 0 unspecified atom stereocenters. The van der Waals surface area contributed by atoms with E-state index in [1.54, 1.807) is 7.11 Å².